The van der Waals surface area contributed by atoms with Crippen LogP contribution in [0.25, 0.3) is 0 Å². The maximum absolute atomic E-state index is 3.57. The van der Waals surface area contributed by atoms with E-state index < -0.39 is 0 Å². The molecule has 20 heavy (non-hydrogen) atoms. The zero-order valence-corrected chi connectivity index (χ0v) is 13.6. The van der Waals surface area contributed by atoms with Gasteiger partial charge in [-0.15, -0.1) is 0 Å². The Balaban J connectivity index is 1.95. The molecule has 112 valence electrons. The van der Waals surface area contributed by atoms with Crippen molar-refractivity contribution in [1.82, 2.24) is 10.2 Å². The fourth-order valence-corrected chi connectivity index (χ4v) is 3.01. The summed E-state index contributed by atoms with van der Waals surface area (Å²) in [5.41, 5.74) is 3.03. The molecule has 0 bridgehead atoms. The van der Waals surface area contributed by atoms with Gasteiger partial charge in [-0.3, -0.25) is 4.90 Å². The Morgan fingerprint density at radius 2 is 2.00 bits per heavy atom. The molecule has 2 nitrogen and oxygen atoms in total. The van der Waals surface area contributed by atoms with Crippen LogP contribution in [0.15, 0.2) is 24.3 Å². The minimum Gasteiger partial charge on any atom is -0.308 e. The number of nitrogens with zero attached hydrogens (tertiary/aromatic N) is 1. The molecule has 1 aliphatic rings. The maximum atomic E-state index is 3.57. The Morgan fingerprint density at radius 3 is 2.70 bits per heavy atom. The lowest BCUT2D eigenvalue weighted by Gasteiger charge is -2.24. The smallest absolute Gasteiger partial charge is 0.0236 e. The van der Waals surface area contributed by atoms with Crippen LogP contribution >= 0.6 is 0 Å². The van der Waals surface area contributed by atoms with Crippen LogP contribution in [0, 0.1) is 0 Å². The van der Waals surface area contributed by atoms with Crippen LogP contribution in [0.3, 0.4) is 0 Å². The van der Waals surface area contributed by atoms with Gasteiger partial charge in [0.05, 0.1) is 0 Å². The minimum atomic E-state index is 0.179. The highest BCUT2D eigenvalue weighted by atomic mass is 15.2. The van der Waals surface area contributed by atoms with Gasteiger partial charge in [-0.2, -0.15) is 0 Å². The first-order chi connectivity index (χ1) is 9.48. The number of hydrogen-bond acceptors (Lipinski definition) is 2. The zero-order chi connectivity index (χ0) is 14.6. The quantitative estimate of drug-likeness (QED) is 0.874. The summed E-state index contributed by atoms with van der Waals surface area (Å²) < 4.78 is 0. The fourth-order valence-electron chi connectivity index (χ4n) is 3.01. The lowest BCUT2D eigenvalue weighted by atomic mass is 10.1. The zero-order valence-electron chi connectivity index (χ0n) is 13.6. The highest BCUT2D eigenvalue weighted by molar-refractivity contribution is 5.23. The van der Waals surface area contributed by atoms with Crippen molar-refractivity contribution >= 4 is 0 Å². The summed E-state index contributed by atoms with van der Waals surface area (Å²) in [7, 11) is 0. The SMILES string of the molecule is CCC1CCCN1Cc1cccc(CNC(C)(C)C)c1. The van der Waals surface area contributed by atoms with Crippen molar-refractivity contribution in [2.75, 3.05) is 6.54 Å². The first-order valence-corrected chi connectivity index (χ1v) is 8.05. The number of nitrogens with one attached hydrogen (secondary N) is 1. The molecule has 2 rings (SSSR count). The molecule has 1 aromatic carbocycles. The highest BCUT2D eigenvalue weighted by Crippen LogP contribution is 2.22. The van der Waals surface area contributed by atoms with Crippen molar-refractivity contribution in [3.05, 3.63) is 35.4 Å². The van der Waals surface area contributed by atoms with Gasteiger partial charge in [-0.1, -0.05) is 31.2 Å². The van der Waals surface area contributed by atoms with E-state index >= 15 is 0 Å². The van der Waals surface area contributed by atoms with Crippen LogP contribution in [0.4, 0.5) is 0 Å². The first kappa shape index (κ1) is 15.5. The van der Waals surface area contributed by atoms with Crippen molar-refractivity contribution in [1.29, 1.82) is 0 Å². The average molecular weight is 274 g/mol. The van der Waals surface area contributed by atoms with Crippen LogP contribution in [0.2, 0.25) is 0 Å². The molecule has 1 unspecified atom stereocenters. The van der Waals surface area contributed by atoms with Crippen LogP contribution in [-0.2, 0) is 13.1 Å². The van der Waals surface area contributed by atoms with Crippen LogP contribution in [-0.4, -0.2) is 23.0 Å². The molecule has 0 aliphatic carbocycles. The van der Waals surface area contributed by atoms with Gasteiger partial charge in [0.25, 0.3) is 0 Å². The van der Waals surface area contributed by atoms with Gasteiger partial charge in [0, 0.05) is 24.7 Å². The molecule has 1 atom stereocenters. The standard InChI is InChI=1S/C18H30N2/c1-5-17-10-7-11-20(17)14-16-9-6-8-15(12-16)13-19-18(2,3)4/h6,8-9,12,17,19H,5,7,10-11,13-14H2,1-4H3. The van der Waals surface area contributed by atoms with Crippen LogP contribution < -0.4 is 5.32 Å². The van der Waals surface area contributed by atoms with Crippen molar-refractivity contribution in [2.45, 2.75) is 71.6 Å². The second kappa shape index (κ2) is 6.73. The van der Waals surface area contributed by atoms with Gasteiger partial charge in [-0.25, -0.2) is 0 Å². The van der Waals surface area contributed by atoms with Gasteiger partial charge >= 0.3 is 0 Å². The van der Waals surface area contributed by atoms with Crippen molar-refractivity contribution in [3.8, 4) is 0 Å². The molecule has 1 N–H and O–H groups in total. The molecule has 1 aliphatic heterocycles. The largest absolute Gasteiger partial charge is 0.308 e. The van der Waals surface area contributed by atoms with Gasteiger partial charge in [-0.05, 0) is 57.7 Å². The van der Waals surface area contributed by atoms with E-state index in [9.17, 15) is 0 Å². The van der Waals surface area contributed by atoms with Crippen LogP contribution in [0.1, 0.15) is 58.1 Å². The minimum absolute atomic E-state index is 0.179. The Labute approximate surface area is 124 Å². The summed E-state index contributed by atoms with van der Waals surface area (Å²) in [6.45, 7) is 12.3. The molecule has 1 heterocycles. The van der Waals surface area contributed by atoms with Gasteiger partial charge in [0.1, 0.15) is 0 Å². The molecule has 1 aromatic rings. The third kappa shape index (κ3) is 4.60. The summed E-state index contributed by atoms with van der Waals surface area (Å²) in [6.07, 6.45) is 4.02. The monoisotopic (exact) mass is 274 g/mol. The molecule has 0 radical (unpaired) electrons. The molecule has 0 saturated carbocycles. The fraction of sp³-hybridized carbons (Fsp3) is 0.667. The summed E-state index contributed by atoms with van der Waals surface area (Å²) in [5, 5.41) is 3.57. The molecule has 2 heteroatoms. The molecule has 0 aromatic heterocycles. The normalized spacial score (nSPS) is 20.5. The predicted octanol–water partition coefficient (Wildman–Crippen LogP) is 3.95. The van der Waals surface area contributed by atoms with E-state index in [1.165, 1.54) is 36.9 Å². The molecule has 0 spiro atoms. The van der Waals surface area contributed by atoms with E-state index in [1.54, 1.807) is 0 Å². The van der Waals surface area contributed by atoms with Gasteiger partial charge in [0.15, 0.2) is 0 Å². The first-order valence-electron chi connectivity index (χ1n) is 8.05. The maximum Gasteiger partial charge on any atom is 0.0236 e. The van der Waals surface area contributed by atoms with Gasteiger partial charge in [0.2, 0.25) is 0 Å². The number of benzene rings is 1. The van der Waals surface area contributed by atoms with E-state index in [-0.39, 0.29) is 5.54 Å². The molecular weight excluding hydrogens is 244 g/mol. The van der Waals surface area contributed by atoms with Gasteiger partial charge < -0.3 is 5.32 Å². The van der Waals surface area contributed by atoms with E-state index in [0.717, 1.165) is 19.1 Å². The molecular formula is C18H30N2. The van der Waals surface area contributed by atoms with Crippen LogP contribution in [0.5, 0.6) is 0 Å². The van der Waals surface area contributed by atoms with E-state index in [0.29, 0.717) is 0 Å². The summed E-state index contributed by atoms with van der Waals surface area (Å²) in [4.78, 5) is 2.65. The summed E-state index contributed by atoms with van der Waals surface area (Å²) in [5.74, 6) is 0. The lowest BCUT2D eigenvalue weighted by Crippen LogP contribution is -2.35. The number of hydrogen-bond donors (Lipinski definition) is 1. The predicted molar refractivity (Wildman–Crippen MR) is 86.8 cm³/mol. The number of likely N-dealkylation sites (tertiary alicyclic amines) is 1. The second-order valence-corrected chi connectivity index (χ2v) is 7.10. The second-order valence-electron chi connectivity index (χ2n) is 7.10. The Bertz CT molecular complexity index is 420. The highest BCUT2D eigenvalue weighted by Gasteiger charge is 2.22. The molecule has 1 saturated heterocycles. The average Bonchev–Trinajstić information content (AvgIpc) is 2.83. The summed E-state index contributed by atoms with van der Waals surface area (Å²) >= 11 is 0. The molecule has 1 fully saturated rings. The lowest BCUT2D eigenvalue weighted by molar-refractivity contribution is 0.240. The van der Waals surface area contributed by atoms with Crippen molar-refractivity contribution in [2.24, 2.45) is 0 Å². The van der Waals surface area contributed by atoms with E-state index in [1.807, 2.05) is 0 Å². The third-order valence-corrected chi connectivity index (χ3v) is 4.17. The summed E-state index contributed by atoms with van der Waals surface area (Å²) in [6, 6.07) is 9.86. The van der Waals surface area contributed by atoms with Crippen molar-refractivity contribution in [3.63, 3.8) is 0 Å². The molecule has 0 amide bonds. The topological polar surface area (TPSA) is 15.3 Å². The van der Waals surface area contributed by atoms with Crippen molar-refractivity contribution < 1.29 is 0 Å². The number of rotatable bonds is 5. The van der Waals surface area contributed by atoms with E-state index in [4.69, 9.17) is 0 Å². The third-order valence-electron chi connectivity index (χ3n) is 4.17. The van der Waals surface area contributed by atoms with E-state index in [2.05, 4.69) is 62.2 Å². The Kier molecular flexibility index (Phi) is 5.22. The Morgan fingerprint density at radius 1 is 1.25 bits per heavy atom. The Hall–Kier alpha value is -0.860.